The Morgan fingerprint density at radius 2 is 1.24 bits per heavy atom. The number of halogens is 1. The van der Waals surface area contributed by atoms with Crippen molar-refractivity contribution in [3.63, 3.8) is 0 Å². The lowest BCUT2D eigenvalue weighted by atomic mass is 10.0. The molecular weight excluding hydrogens is 380 g/mol. The van der Waals surface area contributed by atoms with Crippen LogP contribution in [0.25, 0.3) is 10.8 Å². The third-order valence-electron chi connectivity index (χ3n) is 4.75. The summed E-state index contributed by atoms with van der Waals surface area (Å²) >= 11 is 0. The molecule has 1 amide bonds. The number of amides is 1. The molecule has 0 fully saturated rings. The molecule has 29 heavy (non-hydrogen) atoms. The van der Waals surface area contributed by atoms with Gasteiger partial charge >= 0.3 is 0 Å². The Balaban J connectivity index is 0.00000240. The number of hydrogen-bond donors (Lipinski definition) is 1. The van der Waals surface area contributed by atoms with Crippen LogP contribution in [0.2, 0.25) is 0 Å². The Hall–Kier alpha value is -3.14. The fourth-order valence-corrected chi connectivity index (χ4v) is 3.42. The Bertz CT molecular complexity index is 1020. The van der Waals surface area contributed by atoms with Gasteiger partial charge in [0.05, 0.1) is 6.54 Å². The molecule has 4 rings (SSSR count). The molecule has 0 aliphatic heterocycles. The first-order chi connectivity index (χ1) is 13.8. The van der Waals surface area contributed by atoms with Crippen LogP contribution in [0.1, 0.15) is 5.56 Å². The second-order valence-electron chi connectivity index (χ2n) is 6.64. The first-order valence-corrected chi connectivity index (χ1v) is 9.43. The summed E-state index contributed by atoms with van der Waals surface area (Å²) in [6, 6.07) is 34.1. The smallest absolute Gasteiger partial charge is 0.245 e. The number of hydrogen-bond acceptors (Lipinski definition) is 2. The van der Waals surface area contributed by atoms with Crippen molar-refractivity contribution in [1.82, 2.24) is 5.32 Å². The maximum Gasteiger partial charge on any atom is 0.245 e. The second-order valence-corrected chi connectivity index (χ2v) is 6.64. The van der Waals surface area contributed by atoms with E-state index in [2.05, 4.69) is 35.6 Å². The van der Waals surface area contributed by atoms with Crippen LogP contribution >= 0.6 is 12.4 Å². The largest absolute Gasteiger partial charge is 0.304 e. The highest BCUT2D eigenvalue weighted by molar-refractivity contribution is 6.01. The highest BCUT2D eigenvalue weighted by atomic mass is 35.5. The van der Waals surface area contributed by atoms with Crippen LogP contribution in [-0.4, -0.2) is 12.5 Å². The van der Waals surface area contributed by atoms with Crippen molar-refractivity contribution < 1.29 is 4.79 Å². The van der Waals surface area contributed by atoms with Crippen molar-refractivity contribution in [2.45, 2.75) is 6.54 Å². The zero-order chi connectivity index (χ0) is 19.2. The normalized spacial score (nSPS) is 10.3. The number of nitrogens with one attached hydrogen (secondary N) is 1. The number of carbonyl (C=O) groups excluding carboxylic acids is 1. The predicted octanol–water partition coefficient (Wildman–Crippen LogP) is 5.72. The Morgan fingerprint density at radius 3 is 1.90 bits per heavy atom. The number of anilines is 2. The maximum absolute atomic E-state index is 13.1. The van der Waals surface area contributed by atoms with Crippen molar-refractivity contribution in [1.29, 1.82) is 0 Å². The van der Waals surface area contributed by atoms with Gasteiger partial charge in [0.25, 0.3) is 0 Å². The molecule has 0 unspecified atom stereocenters. The van der Waals surface area contributed by atoms with Crippen molar-refractivity contribution in [3.8, 4) is 0 Å². The van der Waals surface area contributed by atoms with E-state index >= 15 is 0 Å². The van der Waals surface area contributed by atoms with Gasteiger partial charge in [-0.1, -0.05) is 78.9 Å². The van der Waals surface area contributed by atoms with Gasteiger partial charge in [0, 0.05) is 17.9 Å². The van der Waals surface area contributed by atoms with E-state index in [1.807, 2.05) is 72.8 Å². The first-order valence-electron chi connectivity index (χ1n) is 9.43. The number of carbonyl (C=O) groups is 1. The van der Waals surface area contributed by atoms with Crippen LogP contribution in [0.4, 0.5) is 11.4 Å². The summed E-state index contributed by atoms with van der Waals surface area (Å²) in [4.78, 5) is 14.8. The first kappa shape index (κ1) is 20.6. The molecule has 0 aromatic heterocycles. The van der Waals surface area contributed by atoms with E-state index in [1.165, 1.54) is 16.3 Å². The Kier molecular flexibility index (Phi) is 7.01. The molecule has 0 radical (unpaired) electrons. The van der Waals surface area contributed by atoms with Crippen molar-refractivity contribution in [3.05, 3.63) is 109 Å². The molecule has 1 N–H and O–H groups in total. The van der Waals surface area contributed by atoms with E-state index in [9.17, 15) is 4.79 Å². The minimum Gasteiger partial charge on any atom is -0.304 e. The summed E-state index contributed by atoms with van der Waals surface area (Å²) in [6.45, 7) is 0.900. The molecule has 0 spiro atoms. The van der Waals surface area contributed by atoms with E-state index in [-0.39, 0.29) is 24.9 Å². The van der Waals surface area contributed by atoms with E-state index in [0.717, 1.165) is 11.4 Å². The summed E-state index contributed by atoms with van der Waals surface area (Å²) in [7, 11) is 0. The lowest BCUT2D eigenvalue weighted by Crippen LogP contribution is -2.35. The van der Waals surface area contributed by atoms with E-state index in [4.69, 9.17) is 0 Å². The molecule has 4 heteroatoms. The number of nitrogens with zero attached hydrogens (tertiary/aromatic N) is 1. The molecule has 0 saturated carbocycles. The molecule has 0 atom stereocenters. The zero-order valence-corrected chi connectivity index (χ0v) is 16.8. The third-order valence-corrected chi connectivity index (χ3v) is 4.75. The van der Waals surface area contributed by atoms with Gasteiger partial charge in [-0.15, -0.1) is 12.4 Å². The van der Waals surface area contributed by atoms with Crippen LogP contribution < -0.4 is 10.2 Å². The maximum atomic E-state index is 13.1. The number of para-hydroxylation sites is 2. The third kappa shape index (κ3) is 4.83. The topological polar surface area (TPSA) is 32.3 Å². The highest BCUT2D eigenvalue weighted by Gasteiger charge is 2.17. The predicted molar refractivity (Wildman–Crippen MR) is 123 cm³/mol. The lowest BCUT2D eigenvalue weighted by molar-refractivity contribution is -0.117. The van der Waals surface area contributed by atoms with Crippen molar-refractivity contribution >= 4 is 40.5 Å². The summed E-state index contributed by atoms with van der Waals surface area (Å²) in [5, 5.41) is 5.75. The minimum absolute atomic E-state index is 0. The van der Waals surface area contributed by atoms with Crippen LogP contribution in [0.5, 0.6) is 0 Å². The number of rotatable bonds is 6. The molecular formula is C25H23ClN2O. The molecule has 0 bridgehead atoms. The monoisotopic (exact) mass is 402 g/mol. The van der Waals surface area contributed by atoms with Gasteiger partial charge in [-0.3, -0.25) is 9.69 Å². The molecule has 3 nitrogen and oxygen atoms in total. The van der Waals surface area contributed by atoms with Gasteiger partial charge in [0.1, 0.15) is 0 Å². The molecule has 0 heterocycles. The van der Waals surface area contributed by atoms with Gasteiger partial charge in [-0.2, -0.15) is 0 Å². The van der Waals surface area contributed by atoms with Crippen LogP contribution in [-0.2, 0) is 11.3 Å². The van der Waals surface area contributed by atoms with Crippen molar-refractivity contribution in [2.24, 2.45) is 0 Å². The second kappa shape index (κ2) is 9.87. The Labute approximate surface area is 177 Å². The summed E-state index contributed by atoms with van der Waals surface area (Å²) in [6.07, 6.45) is 0. The highest BCUT2D eigenvalue weighted by Crippen LogP contribution is 2.25. The van der Waals surface area contributed by atoms with E-state index < -0.39 is 0 Å². The SMILES string of the molecule is Cl.O=C(CNCc1cccc2ccccc12)N(c1ccccc1)c1ccccc1. The van der Waals surface area contributed by atoms with Crippen LogP contribution in [0.3, 0.4) is 0 Å². The van der Waals surface area contributed by atoms with Gasteiger partial charge in [-0.25, -0.2) is 0 Å². The van der Waals surface area contributed by atoms with Gasteiger partial charge in [-0.05, 0) is 40.6 Å². The van der Waals surface area contributed by atoms with Gasteiger partial charge in [0.15, 0.2) is 0 Å². The van der Waals surface area contributed by atoms with E-state index in [1.54, 1.807) is 4.90 Å². The quantitative estimate of drug-likeness (QED) is 0.447. The fourth-order valence-electron chi connectivity index (χ4n) is 3.42. The minimum atomic E-state index is 0. The average Bonchev–Trinajstić information content (AvgIpc) is 2.76. The molecule has 4 aromatic rings. The molecule has 0 saturated heterocycles. The van der Waals surface area contributed by atoms with Gasteiger partial charge in [0.2, 0.25) is 5.91 Å². The van der Waals surface area contributed by atoms with E-state index in [0.29, 0.717) is 6.54 Å². The molecule has 146 valence electrons. The Morgan fingerprint density at radius 1 is 0.690 bits per heavy atom. The van der Waals surface area contributed by atoms with Crippen molar-refractivity contribution in [2.75, 3.05) is 11.4 Å². The fraction of sp³-hybridized carbons (Fsp3) is 0.0800. The standard InChI is InChI=1S/C25H22N2O.ClH/c28-25(19-26-18-21-12-9-11-20-10-7-8-17-24(20)21)27(22-13-3-1-4-14-22)23-15-5-2-6-16-23;/h1-17,26H,18-19H2;1H. The summed E-state index contributed by atoms with van der Waals surface area (Å²) < 4.78 is 0. The van der Waals surface area contributed by atoms with Gasteiger partial charge < -0.3 is 5.32 Å². The molecule has 0 aliphatic carbocycles. The summed E-state index contributed by atoms with van der Waals surface area (Å²) in [5.41, 5.74) is 2.92. The summed E-state index contributed by atoms with van der Waals surface area (Å²) in [5.74, 6) is 0.0117. The van der Waals surface area contributed by atoms with Crippen LogP contribution in [0, 0.1) is 0 Å². The number of fused-ring (bicyclic) bond motifs is 1. The number of benzene rings is 4. The molecule has 4 aromatic carbocycles. The molecule has 0 aliphatic rings. The lowest BCUT2D eigenvalue weighted by Gasteiger charge is -2.23. The zero-order valence-electron chi connectivity index (χ0n) is 16.0. The van der Waals surface area contributed by atoms with Crippen LogP contribution in [0.15, 0.2) is 103 Å². The average molecular weight is 403 g/mol.